The zero-order chi connectivity index (χ0) is 11.4. The highest BCUT2D eigenvalue weighted by Gasteiger charge is 2.28. The highest BCUT2D eigenvalue weighted by molar-refractivity contribution is 5.76. The van der Waals surface area contributed by atoms with Gasteiger partial charge in [0.1, 0.15) is 0 Å². The van der Waals surface area contributed by atoms with Crippen LogP contribution in [0, 0.1) is 5.41 Å². The third kappa shape index (κ3) is 3.35. The molecule has 16 heavy (non-hydrogen) atoms. The van der Waals surface area contributed by atoms with E-state index in [0.717, 1.165) is 19.1 Å². The molecule has 0 amide bonds. The van der Waals surface area contributed by atoms with Crippen molar-refractivity contribution in [2.45, 2.75) is 31.8 Å². The predicted octanol–water partition coefficient (Wildman–Crippen LogP) is 1.98. The second-order valence-electron chi connectivity index (χ2n) is 4.46. The smallest absolute Gasteiger partial charge is 0.0918 e. The summed E-state index contributed by atoms with van der Waals surface area (Å²) in [7, 11) is 0. The number of benzene rings is 1. The average molecular weight is 217 g/mol. The third-order valence-corrected chi connectivity index (χ3v) is 2.96. The van der Waals surface area contributed by atoms with E-state index in [1.165, 1.54) is 18.4 Å². The van der Waals surface area contributed by atoms with Gasteiger partial charge >= 0.3 is 0 Å². The van der Waals surface area contributed by atoms with Crippen molar-refractivity contribution in [3.05, 3.63) is 35.9 Å². The van der Waals surface area contributed by atoms with Crippen molar-refractivity contribution in [1.82, 2.24) is 4.90 Å². The van der Waals surface area contributed by atoms with Gasteiger partial charge in [-0.3, -0.25) is 10.3 Å². The van der Waals surface area contributed by atoms with Gasteiger partial charge in [-0.05, 0) is 18.4 Å². The first-order chi connectivity index (χ1) is 7.75. The van der Waals surface area contributed by atoms with Crippen LogP contribution in [0.25, 0.3) is 0 Å². The topological polar surface area (TPSA) is 53.1 Å². The minimum Gasteiger partial charge on any atom is -0.388 e. The van der Waals surface area contributed by atoms with E-state index in [4.69, 9.17) is 11.1 Å². The molecule has 1 aliphatic rings. The van der Waals surface area contributed by atoms with E-state index in [2.05, 4.69) is 29.2 Å². The fraction of sp³-hybridized carbons (Fsp3) is 0.462. The van der Waals surface area contributed by atoms with Crippen LogP contribution in [0.3, 0.4) is 0 Å². The Hall–Kier alpha value is -1.35. The Labute approximate surface area is 96.8 Å². The van der Waals surface area contributed by atoms with Gasteiger partial charge in [-0.1, -0.05) is 30.3 Å². The van der Waals surface area contributed by atoms with Crippen molar-refractivity contribution in [2.24, 2.45) is 5.73 Å². The summed E-state index contributed by atoms with van der Waals surface area (Å²) in [4.78, 5) is 2.44. The Morgan fingerprint density at radius 3 is 2.56 bits per heavy atom. The largest absolute Gasteiger partial charge is 0.388 e. The van der Waals surface area contributed by atoms with Crippen LogP contribution in [-0.4, -0.2) is 23.3 Å². The molecule has 1 aliphatic carbocycles. The fourth-order valence-electron chi connectivity index (χ4n) is 1.91. The number of rotatable bonds is 6. The van der Waals surface area contributed by atoms with Crippen LogP contribution < -0.4 is 5.73 Å². The molecule has 0 saturated heterocycles. The van der Waals surface area contributed by atoms with Crippen molar-refractivity contribution < 1.29 is 0 Å². The Balaban J connectivity index is 1.90. The summed E-state index contributed by atoms with van der Waals surface area (Å²) >= 11 is 0. The second kappa shape index (κ2) is 5.12. The maximum absolute atomic E-state index is 7.28. The summed E-state index contributed by atoms with van der Waals surface area (Å²) in [6.45, 7) is 1.90. The lowest BCUT2D eigenvalue weighted by Gasteiger charge is -2.21. The van der Waals surface area contributed by atoms with Gasteiger partial charge in [0.25, 0.3) is 0 Å². The van der Waals surface area contributed by atoms with Crippen LogP contribution in [0.4, 0.5) is 0 Å². The normalized spacial score (nSPS) is 15.3. The van der Waals surface area contributed by atoms with Crippen molar-refractivity contribution in [3.8, 4) is 0 Å². The van der Waals surface area contributed by atoms with Crippen molar-refractivity contribution in [2.75, 3.05) is 6.54 Å². The number of hydrogen-bond acceptors (Lipinski definition) is 2. The van der Waals surface area contributed by atoms with Crippen LogP contribution in [0.2, 0.25) is 0 Å². The molecule has 0 unspecified atom stereocenters. The van der Waals surface area contributed by atoms with E-state index < -0.39 is 0 Å². The first-order valence-corrected chi connectivity index (χ1v) is 5.86. The lowest BCUT2D eigenvalue weighted by Crippen LogP contribution is -2.29. The highest BCUT2D eigenvalue weighted by Crippen LogP contribution is 2.28. The summed E-state index contributed by atoms with van der Waals surface area (Å²) in [6.07, 6.45) is 3.28. The molecule has 3 nitrogen and oxygen atoms in total. The van der Waals surface area contributed by atoms with E-state index in [1.807, 2.05) is 6.07 Å². The van der Waals surface area contributed by atoms with E-state index in [-0.39, 0.29) is 0 Å². The minimum atomic E-state index is 0.290. The van der Waals surface area contributed by atoms with Gasteiger partial charge < -0.3 is 5.73 Å². The molecule has 2 rings (SSSR count). The van der Waals surface area contributed by atoms with E-state index in [0.29, 0.717) is 12.3 Å². The van der Waals surface area contributed by atoms with E-state index in [9.17, 15) is 0 Å². The Morgan fingerprint density at radius 2 is 2.00 bits per heavy atom. The van der Waals surface area contributed by atoms with Crippen LogP contribution in [0.5, 0.6) is 0 Å². The molecule has 1 aromatic rings. The molecule has 0 atom stereocenters. The number of nitrogens with one attached hydrogen (secondary N) is 1. The molecule has 3 N–H and O–H groups in total. The van der Waals surface area contributed by atoms with Crippen molar-refractivity contribution in [3.63, 3.8) is 0 Å². The standard InChI is InChI=1S/C13H19N3/c14-13(15)8-9-16(12-6-7-12)10-11-4-2-1-3-5-11/h1-5,12H,6-10H2,(H3,14,15). The minimum absolute atomic E-state index is 0.290. The molecule has 1 saturated carbocycles. The van der Waals surface area contributed by atoms with Gasteiger partial charge in [-0.2, -0.15) is 0 Å². The van der Waals surface area contributed by atoms with Crippen LogP contribution in [0.1, 0.15) is 24.8 Å². The lowest BCUT2D eigenvalue weighted by atomic mass is 10.2. The lowest BCUT2D eigenvalue weighted by molar-refractivity contribution is 0.262. The number of nitrogens with two attached hydrogens (primary N) is 1. The summed E-state index contributed by atoms with van der Waals surface area (Å²) in [6, 6.07) is 11.2. The summed E-state index contributed by atoms with van der Waals surface area (Å²) in [5.74, 6) is 0.290. The monoisotopic (exact) mass is 217 g/mol. The predicted molar refractivity (Wildman–Crippen MR) is 66.4 cm³/mol. The van der Waals surface area contributed by atoms with Gasteiger partial charge in [0, 0.05) is 25.6 Å². The first kappa shape index (κ1) is 11.1. The maximum atomic E-state index is 7.28. The van der Waals surface area contributed by atoms with Gasteiger partial charge in [0.05, 0.1) is 5.84 Å². The number of amidine groups is 1. The third-order valence-electron chi connectivity index (χ3n) is 2.96. The highest BCUT2D eigenvalue weighted by atomic mass is 15.2. The molecule has 0 bridgehead atoms. The molecule has 86 valence electrons. The average Bonchev–Trinajstić information content (AvgIpc) is 3.09. The quantitative estimate of drug-likeness (QED) is 0.565. The molecule has 0 aromatic heterocycles. The molecular weight excluding hydrogens is 198 g/mol. The van der Waals surface area contributed by atoms with Crippen molar-refractivity contribution >= 4 is 5.84 Å². The Morgan fingerprint density at radius 1 is 1.31 bits per heavy atom. The van der Waals surface area contributed by atoms with Gasteiger partial charge in [0.15, 0.2) is 0 Å². The van der Waals surface area contributed by atoms with Crippen LogP contribution in [0.15, 0.2) is 30.3 Å². The molecule has 0 spiro atoms. The summed E-state index contributed by atoms with van der Waals surface area (Å²) in [5.41, 5.74) is 6.76. The van der Waals surface area contributed by atoms with E-state index in [1.54, 1.807) is 0 Å². The van der Waals surface area contributed by atoms with E-state index >= 15 is 0 Å². The molecule has 0 heterocycles. The zero-order valence-corrected chi connectivity index (χ0v) is 9.52. The van der Waals surface area contributed by atoms with Gasteiger partial charge in [-0.15, -0.1) is 0 Å². The summed E-state index contributed by atoms with van der Waals surface area (Å²) in [5, 5.41) is 7.28. The molecule has 1 aromatic carbocycles. The fourth-order valence-corrected chi connectivity index (χ4v) is 1.91. The molecule has 0 aliphatic heterocycles. The summed E-state index contributed by atoms with van der Waals surface area (Å²) < 4.78 is 0. The Bertz CT molecular complexity index is 343. The molecule has 1 fully saturated rings. The van der Waals surface area contributed by atoms with Crippen LogP contribution >= 0.6 is 0 Å². The van der Waals surface area contributed by atoms with Gasteiger partial charge in [-0.25, -0.2) is 0 Å². The van der Waals surface area contributed by atoms with Crippen LogP contribution in [-0.2, 0) is 6.54 Å². The Kier molecular flexibility index (Phi) is 3.57. The molecule has 0 radical (unpaired) electrons. The SMILES string of the molecule is N=C(N)CCN(Cc1ccccc1)C1CC1. The zero-order valence-electron chi connectivity index (χ0n) is 9.52. The molecular formula is C13H19N3. The van der Waals surface area contributed by atoms with Crippen molar-refractivity contribution in [1.29, 1.82) is 5.41 Å². The molecule has 3 heteroatoms. The number of nitrogens with zero attached hydrogens (tertiary/aromatic N) is 1. The second-order valence-corrected chi connectivity index (χ2v) is 4.46. The first-order valence-electron chi connectivity index (χ1n) is 5.86. The maximum Gasteiger partial charge on any atom is 0.0918 e. The van der Waals surface area contributed by atoms with Gasteiger partial charge in [0.2, 0.25) is 0 Å². The number of hydrogen-bond donors (Lipinski definition) is 2.